The highest BCUT2D eigenvalue weighted by Gasteiger charge is 1.94. The Hall–Kier alpha value is -3.06. The third-order valence-electron chi connectivity index (χ3n) is 3.78. The van der Waals surface area contributed by atoms with Crippen molar-refractivity contribution in [1.29, 1.82) is 0 Å². The molecule has 1 aromatic carbocycles. The molecule has 0 unspecified atom stereocenters. The second-order valence-electron chi connectivity index (χ2n) is 5.73. The van der Waals surface area contributed by atoms with Gasteiger partial charge >= 0.3 is 0 Å². The van der Waals surface area contributed by atoms with E-state index in [0.717, 1.165) is 23.3 Å². The van der Waals surface area contributed by atoms with Gasteiger partial charge in [-0.1, -0.05) is 97.7 Å². The summed E-state index contributed by atoms with van der Waals surface area (Å²) in [5, 5.41) is 0. The third-order valence-corrected chi connectivity index (χ3v) is 3.78. The molecule has 1 aromatic rings. The smallest absolute Gasteiger partial charge is 0.0119 e. The maximum absolute atomic E-state index is 5.83. The fourth-order valence-electron chi connectivity index (χ4n) is 2.30. The largest absolute Gasteiger partial charge is 0.402 e. The molecule has 0 atom stereocenters. The van der Waals surface area contributed by atoms with Gasteiger partial charge in [-0.15, -0.1) is 0 Å². The lowest BCUT2D eigenvalue weighted by Gasteiger charge is -1.98. The lowest BCUT2D eigenvalue weighted by molar-refractivity contribution is 1.17. The molecule has 0 bridgehead atoms. The van der Waals surface area contributed by atoms with E-state index in [2.05, 4.69) is 73.4 Å². The molecular formula is C24H25N. The first kappa shape index (κ1) is 18.3. The summed E-state index contributed by atoms with van der Waals surface area (Å²) in [5.74, 6) is 0. The van der Waals surface area contributed by atoms with Gasteiger partial charge in [0.1, 0.15) is 0 Å². The maximum atomic E-state index is 5.83. The average molecular weight is 327 g/mol. The average Bonchev–Trinajstić information content (AvgIpc) is 2.85. The number of benzene rings is 1. The van der Waals surface area contributed by atoms with E-state index in [-0.39, 0.29) is 0 Å². The molecule has 2 N–H and O–H groups in total. The van der Waals surface area contributed by atoms with E-state index in [9.17, 15) is 0 Å². The minimum Gasteiger partial charge on any atom is -0.402 e. The predicted octanol–water partition coefficient (Wildman–Crippen LogP) is 6.13. The fourth-order valence-corrected chi connectivity index (χ4v) is 2.30. The minimum absolute atomic E-state index is 0.811. The molecule has 1 nitrogen and oxygen atoms in total. The monoisotopic (exact) mass is 327 g/mol. The van der Waals surface area contributed by atoms with E-state index >= 15 is 0 Å². The number of hydrogen-bond donors (Lipinski definition) is 1. The normalized spacial score (nSPS) is 15.6. The van der Waals surface area contributed by atoms with Gasteiger partial charge in [0.05, 0.1) is 0 Å². The Labute approximate surface area is 151 Å². The van der Waals surface area contributed by atoms with Crippen LogP contribution in [0.1, 0.15) is 24.5 Å². The number of hydrogen-bond acceptors (Lipinski definition) is 1. The molecule has 25 heavy (non-hydrogen) atoms. The van der Waals surface area contributed by atoms with Crippen LogP contribution in [0.25, 0.3) is 12.2 Å². The molecule has 0 aromatic heterocycles. The molecule has 0 amide bonds. The lowest BCUT2D eigenvalue weighted by Crippen LogP contribution is -1.92. The number of rotatable bonds is 6. The second kappa shape index (κ2) is 9.94. The summed E-state index contributed by atoms with van der Waals surface area (Å²) in [6.45, 7) is 5.72. The van der Waals surface area contributed by atoms with E-state index in [1.54, 1.807) is 6.08 Å². The van der Waals surface area contributed by atoms with Crippen LogP contribution in [0.15, 0.2) is 108 Å². The van der Waals surface area contributed by atoms with E-state index in [1.807, 2.05) is 31.2 Å². The van der Waals surface area contributed by atoms with Crippen molar-refractivity contribution < 1.29 is 0 Å². The van der Waals surface area contributed by atoms with Gasteiger partial charge in [0.15, 0.2) is 0 Å². The molecule has 0 saturated heterocycles. The summed E-state index contributed by atoms with van der Waals surface area (Å²) >= 11 is 0. The van der Waals surface area contributed by atoms with Crippen molar-refractivity contribution in [3.8, 4) is 0 Å². The Kier molecular flexibility index (Phi) is 7.27. The van der Waals surface area contributed by atoms with Crippen LogP contribution in [0, 0.1) is 0 Å². The maximum Gasteiger partial charge on any atom is 0.0119 e. The Morgan fingerprint density at radius 2 is 1.72 bits per heavy atom. The predicted molar refractivity (Wildman–Crippen MR) is 112 cm³/mol. The molecule has 0 saturated carbocycles. The van der Waals surface area contributed by atoms with E-state index in [1.165, 1.54) is 11.1 Å². The number of allylic oxidation sites excluding steroid dienone is 12. The standard InChI is InChI=1S/C24H25N/c1-3-5-7-20(4-2)10-11-22-14-16-23(17-15-22)13-12-21-8-6-9-24(25)19-18-21/h3-8,10-19H,1,9,25H2,2H3/b7-5-,11-10?,13-12?,20-4+. The highest BCUT2D eigenvalue weighted by molar-refractivity contribution is 5.60. The molecule has 0 fully saturated rings. The van der Waals surface area contributed by atoms with Gasteiger partial charge in [0, 0.05) is 12.1 Å². The van der Waals surface area contributed by atoms with Crippen molar-refractivity contribution in [3.05, 3.63) is 120 Å². The molecular weight excluding hydrogens is 302 g/mol. The molecule has 2 rings (SSSR count). The van der Waals surface area contributed by atoms with Crippen molar-refractivity contribution >= 4 is 12.2 Å². The molecule has 0 heterocycles. The van der Waals surface area contributed by atoms with Gasteiger partial charge in [-0.05, 0) is 35.3 Å². The summed E-state index contributed by atoms with van der Waals surface area (Å²) in [7, 11) is 0. The minimum atomic E-state index is 0.811. The summed E-state index contributed by atoms with van der Waals surface area (Å²) in [5.41, 5.74) is 11.4. The van der Waals surface area contributed by atoms with Gasteiger partial charge in [-0.25, -0.2) is 0 Å². The zero-order valence-corrected chi connectivity index (χ0v) is 14.7. The Morgan fingerprint density at radius 1 is 1.00 bits per heavy atom. The molecule has 0 spiro atoms. The Balaban J connectivity index is 2.03. The second-order valence-corrected chi connectivity index (χ2v) is 5.73. The van der Waals surface area contributed by atoms with Crippen LogP contribution >= 0.6 is 0 Å². The quantitative estimate of drug-likeness (QED) is 0.625. The lowest BCUT2D eigenvalue weighted by atomic mass is 10.1. The van der Waals surface area contributed by atoms with Crippen molar-refractivity contribution in [1.82, 2.24) is 0 Å². The first-order valence-electron chi connectivity index (χ1n) is 8.46. The van der Waals surface area contributed by atoms with Crippen LogP contribution in [0.5, 0.6) is 0 Å². The van der Waals surface area contributed by atoms with Crippen LogP contribution in [0.4, 0.5) is 0 Å². The van der Waals surface area contributed by atoms with Crippen LogP contribution in [0.3, 0.4) is 0 Å². The van der Waals surface area contributed by atoms with Gasteiger partial charge in [-0.2, -0.15) is 0 Å². The van der Waals surface area contributed by atoms with Crippen LogP contribution in [-0.2, 0) is 0 Å². The molecule has 1 heteroatoms. The van der Waals surface area contributed by atoms with Gasteiger partial charge in [-0.3, -0.25) is 0 Å². The number of nitrogens with two attached hydrogens (primary N) is 1. The zero-order chi connectivity index (χ0) is 17.9. The van der Waals surface area contributed by atoms with Crippen LogP contribution < -0.4 is 5.73 Å². The van der Waals surface area contributed by atoms with E-state index in [4.69, 9.17) is 5.73 Å². The molecule has 1 aliphatic rings. The van der Waals surface area contributed by atoms with Crippen LogP contribution in [0.2, 0.25) is 0 Å². The van der Waals surface area contributed by atoms with Crippen molar-refractivity contribution in [2.45, 2.75) is 13.3 Å². The Morgan fingerprint density at radius 3 is 2.40 bits per heavy atom. The Bertz CT molecular complexity index is 791. The first-order chi connectivity index (χ1) is 12.2. The van der Waals surface area contributed by atoms with E-state index < -0.39 is 0 Å². The van der Waals surface area contributed by atoms with Crippen LogP contribution in [-0.4, -0.2) is 0 Å². The summed E-state index contributed by atoms with van der Waals surface area (Å²) in [6.07, 6.45) is 25.3. The summed E-state index contributed by atoms with van der Waals surface area (Å²) < 4.78 is 0. The van der Waals surface area contributed by atoms with Gasteiger partial charge in [0.2, 0.25) is 0 Å². The molecule has 126 valence electrons. The SMILES string of the molecule is C=C/C=C\C(C=Cc1ccc(C=CC2=CC=C(N)CC=C2)cc1)=C/C. The fraction of sp³-hybridized carbons (Fsp3) is 0.0833. The van der Waals surface area contributed by atoms with Crippen molar-refractivity contribution in [2.24, 2.45) is 5.73 Å². The zero-order valence-electron chi connectivity index (χ0n) is 14.7. The topological polar surface area (TPSA) is 26.0 Å². The molecule has 0 aliphatic heterocycles. The summed E-state index contributed by atoms with van der Waals surface area (Å²) in [6, 6.07) is 8.48. The third kappa shape index (κ3) is 6.52. The highest BCUT2D eigenvalue weighted by Crippen LogP contribution is 2.13. The first-order valence-corrected chi connectivity index (χ1v) is 8.46. The van der Waals surface area contributed by atoms with Gasteiger partial charge < -0.3 is 5.73 Å². The highest BCUT2D eigenvalue weighted by atomic mass is 14.6. The van der Waals surface area contributed by atoms with E-state index in [0.29, 0.717) is 0 Å². The van der Waals surface area contributed by atoms with Gasteiger partial charge in [0.25, 0.3) is 0 Å². The van der Waals surface area contributed by atoms with Crippen molar-refractivity contribution in [3.63, 3.8) is 0 Å². The summed E-state index contributed by atoms with van der Waals surface area (Å²) in [4.78, 5) is 0. The van der Waals surface area contributed by atoms with Crippen molar-refractivity contribution in [2.75, 3.05) is 0 Å². The molecule has 0 radical (unpaired) electrons. The molecule has 1 aliphatic carbocycles.